The first kappa shape index (κ1) is 15.8. The molecule has 2 aliphatic heterocycles. The zero-order valence-corrected chi connectivity index (χ0v) is 14.2. The Morgan fingerprint density at radius 3 is 2.96 bits per heavy atom. The van der Waals surface area contributed by atoms with E-state index in [0.29, 0.717) is 35.2 Å². The number of halogens is 2. The van der Waals surface area contributed by atoms with Crippen LogP contribution in [0.25, 0.3) is 10.1 Å². The van der Waals surface area contributed by atoms with Crippen molar-refractivity contribution < 1.29 is 18.7 Å². The number of thiophene rings is 1. The topological polar surface area (TPSA) is 58.6 Å². The third-order valence-corrected chi connectivity index (χ3v) is 5.98. The van der Waals surface area contributed by atoms with Gasteiger partial charge in [0, 0.05) is 23.2 Å². The van der Waals surface area contributed by atoms with E-state index in [1.807, 2.05) is 0 Å². The van der Waals surface area contributed by atoms with Crippen molar-refractivity contribution in [3.05, 3.63) is 33.7 Å². The molecule has 0 bridgehead atoms. The lowest BCUT2D eigenvalue weighted by Gasteiger charge is -2.51. The standard InChI is InChI=1S/C16H14ClFN2O3S/c17-13-10-2-1-9(4-18)3-11(10)24-14(13)15(22)20-6-16(7-20)8-23-5-12(21)19-16/h1-3H,4-8H2,(H,19,21). The van der Waals surface area contributed by atoms with Crippen LogP contribution in [0.5, 0.6) is 0 Å². The Bertz CT molecular complexity index is 847. The summed E-state index contributed by atoms with van der Waals surface area (Å²) >= 11 is 7.61. The van der Waals surface area contributed by atoms with Crippen molar-refractivity contribution in [2.24, 2.45) is 0 Å². The van der Waals surface area contributed by atoms with Gasteiger partial charge in [-0.2, -0.15) is 0 Å². The highest BCUT2D eigenvalue weighted by atomic mass is 35.5. The maximum atomic E-state index is 12.8. The smallest absolute Gasteiger partial charge is 0.265 e. The fraction of sp³-hybridized carbons (Fsp3) is 0.375. The van der Waals surface area contributed by atoms with Crippen LogP contribution in [0.15, 0.2) is 18.2 Å². The minimum atomic E-state index is -0.552. The molecule has 1 N–H and O–H groups in total. The van der Waals surface area contributed by atoms with Crippen LogP contribution in [0, 0.1) is 0 Å². The number of amides is 2. The number of nitrogens with zero attached hydrogens (tertiary/aromatic N) is 1. The van der Waals surface area contributed by atoms with Gasteiger partial charge in [-0.05, 0) is 11.6 Å². The number of nitrogens with one attached hydrogen (secondary N) is 1. The Morgan fingerprint density at radius 1 is 1.46 bits per heavy atom. The molecule has 1 spiro atoms. The highest BCUT2D eigenvalue weighted by molar-refractivity contribution is 7.21. The number of hydrogen-bond donors (Lipinski definition) is 1. The Hall–Kier alpha value is -1.70. The van der Waals surface area contributed by atoms with E-state index in [1.54, 1.807) is 23.1 Å². The lowest BCUT2D eigenvalue weighted by atomic mass is 9.89. The van der Waals surface area contributed by atoms with E-state index in [2.05, 4.69) is 5.32 Å². The summed E-state index contributed by atoms with van der Waals surface area (Å²) in [6, 6.07) is 5.13. The highest BCUT2D eigenvalue weighted by Gasteiger charge is 2.49. The molecule has 0 saturated carbocycles. The molecule has 2 saturated heterocycles. The second-order valence-corrected chi connectivity index (χ2v) is 7.62. The zero-order valence-electron chi connectivity index (χ0n) is 12.6. The average molecular weight is 369 g/mol. The predicted octanol–water partition coefficient (Wildman–Crippen LogP) is 2.37. The van der Waals surface area contributed by atoms with E-state index in [-0.39, 0.29) is 18.4 Å². The van der Waals surface area contributed by atoms with Crippen LogP contribution < -0.4 is 5.32 Å². The van der Waals surface area contributed by atoms with Gasteiger partial charge >= 0.3 is 0 Å². The van der Waals surface area contributed by atoms with Crippen molar-refractivity contribution in [2.75, 3.05) is 26.3 Å². The molecule has 126 valence electrons. The number of alkyl halides is 1. The third kappa shape index (κ3) is 2.47. The summed E-state index contributed by atoms with van der Waals surface area (Å²) in [5.41, 5.74) is 0.0830. The Balaban J connectivity index is 1.56. The maximum absolute atomic E-state index is 12.8. The summed E-state index contributed by atoms with van der Waals surface area (Å²) in [6.07, 6.45) is 0. The molecular formula is C16H14ClFN2O3S. The fourth-order valence-electron chi connectivity index (χ4n) is 3.18. The monoisotopic (exact) mass is 368 g/mol. The van der Waals surface area contributed by atoms with Crippen LogP contribution in [0.4, 0.5) is 4.39 Å². The van der Waals surface area contributed by atoms with Crippen molar-refractivity contribution in [1.82, 2.24) is 10.2 Å². The molecular weight excluding hydrogens is 355 g/mol. The molecule has 1 aromatic heterocycles. The van der Waals surface area contributed by atoms with E-state index >= 15 is 0 Å². The fourth-order valence-corrected chi connectivity index (χ4v) is 4.72. The van der Waals surface area contributed by atoms with Crippen LogP contribution in [-0.2, 0) is 16.2 Å². The molecule has 1 aromatic carbocycles. The summed E-state index contributed by atoms with van der Waals surface area (Å²) in [4.78, 5) is 26.2. The van der Waals surface area contributed by atoms with E-state index in [1.165, 1.54) is 11.3 Å². The average Bonchev–Trinajstić information content (AvgIpc) is 2.88. The zero-order chi connectivity index (χ0) is 16.9. The minimum Gasteiger partial charge on any atom is -0.369 e. The number of hydrogen-bond acceptors (Lipinski definition) is 4. The summed E-state index contributed by atoms with van der Waals surface area (Å²) in [5.74, 6) is -0.333. The predicted molar refractivity (Wildman–Crippen MR) is 89.2 cm³/mol. The molecule has 8 heteroatoms. The lowest BCUT2D eigenvalue weighted by Crippen LogP contribution is -2.75. The van der Waals surface area contributed by atoms with Gasteiger partial charge in [-0.15, -0.1) is 11.3 Å². The van der Waals surface area contributed by atoms with E-state index in [0.717, 1.165) is 10.1 Å². The first-order valence-electron chi connectivity index (χ1n) is 7.46. The first-order valence-corrected chi connectivity index (χ1v) is 8.66. The summed E-state index contributed by atoms with van der Waals surface area (Å²) in [7, 11) is 0. The number of fused-ring (bicyclic) bond motifs is 1. The van der Waals surface area contributed by atoms with Gasteiger partial charge in [0.1, 0.15) is 18.2 Å². The molecule has 4 rings (SSSR count). The number of morpholine rings is 1. The molecule has 0 unspecified atom stereocenters. The SMILES string of the molecule is O=C1COCC2(CN(C(=O)c3sc4cc(CF)ccc4c3Cl)C2)N1. The molecule has 0 atom stereocenters. The quantitative estimate of drug-likeness (QED) is 0.885. The van der Waals surface area contributed by atoms with E-state index in [9.17, 15) is 14.0 Å². The van der Waals surface area contributed by atoms with Crippen LogP contribution >= 0.6 is 22.9 Å². The van der Waals surface area contributed by atoms with Crippen LogP contribution in [0.2, 0.25) is 5.02 Å². The molecule has 2 amide bonds. The second-order valence-electron chi connectivity index (χ2n) is 6.19. The number of benzene rings is 1. The number of carbonyl (C=O) groups is 2. The van der Waals surface area contributed by atoms with Gasteiger partial charge in [0.2, 0.25) is 5.91 Å². The van der Waals surface area contributed by atoms with Crippen LogP contribution in [0.1, 0.15) is 15.2 Å². The third-order valence-electron chi connectivity index (χ3n) is 4.33. The normalized spacial score (nSPS) is 19.4. The Labute approximate surface area is 146 Å². The molecule has 24 heavy (non-hydrogen) atoms. The molecule has 2 aliphatic rings. The molecule has 2 aromatic rings. The summed E-state index contributed by atoms with van der Waals surface area (Å²) in [6.45, 7) is 0.718. The molecule has 5 nitrogen and oxygen atoms in total. The van der Waals surface area contributed by atoms with E-state index < -0.39 is 12.2 Å². The molecule has 2 fully saturated rings. The molecule has 0 radical (unpaired) electrons. The first-order chi connectivity index (χ1) is 11.5. The number of ether oxygens (including phenoxy) is 1. The Morgan fingerprint density at radius 2 is 2.25 bits per heavy atom. The Kier molecular flexibility index (Phi) is 3.74. The van der Waals surface area contributed by atoms with Gasteiger partial charge in [-0.25, -0.2) is 4.39 Å². The second kappa shape index (κ2) is 5.68. The largest absolute Gasteiger partial charge is 0.369 e. The van der Waals surface area contributed by atoms with Gasteiger partial charge < -0.3 is 15.0 Å². The van der Waals surface area contributed by atoms with Crippen LogP contribution in [0.3, 0.4) is 0 Å². The molecule has 0 aliphatic carbocycles. The van der Waals surface area contributed by atoms with Crippen molar-refractivity contribution in [1.29, 1.82) is 0 Å². The van der Waals surface area contributed by atoms with E-state index in [4.69, 9.17) is 16.3 Å². The van der Waals surface area contributed by atoms with Crippen molar-refractivity contribution >= 4 is 44.8 Å². The lowest BCUT2D eigenvalue weighted by molar-refractivity contribution is -0.141. The maximum Gasteiger partial charge on any atom is 0.265 e. The number of likely N-dealkylation sites (tertiary alicyclic amines) is 1. The minimum absolute atomic E-state index is 0.0642. The van der Waals surface area contributed by atoms with Gasteiger partial charge in [0.05, 0.1) is 17.2 Å². The number of rotatable bonds is 2. The summed E-state index contributed by atoms with van der Waals surface area (Å²) < 4.78 is 18.9. The van der Waals surface area contributed by atoms with Crippen LogP contribution in [-0.4, -0.2) is 48.6 Å². The van der Waals surface area contributed by atoms with Crippen molar-refractivity contribution in [3.63, 3.8) is 0 Å². The summed E-state index contributed by atoms with van der Waals surface area (Å²) in [5, 5.41) is 4.05. The molecule has 3 heterocycles. The number of carbonyl (C=O) groups excluding carboxylic acids is 2. The van der Waals surface area contributed by atoms with Gasteiger partial charge in [0.15, 0.2) is 0 Å². The highest BCUT2D eigenvalue weighted by Crippen LogP contribution is 2.38. The van der Waals surface area contributed by atoms with Gasteiger partial charge in [-0.3, -0.25) is 9.59 Å². The van der Waals surface area contributed by atoms with Gasteiger partial charge in [-0.1, -0.05) is 23.7 Å². The van der Waals surface area contributed by atoms with Gasteiger partial charge in [0.25, 0.3) is 5.91 Å². The van der Waals surface area contributed by atoms with Crippen molar-refractivity contribution in [3.8, 4) is 0 Å². The van der Waals surface area contributed by atoms with Crippen molar-refractivity contribution in [2.45, 2.75) is 12.2 Å².